The van der Waals surface area contributed by atoms with Crippen LogP contribution in [0.3, 0.4) is 0 Å². The number of rotatable bonds is 5. The molecule has 0 spiro atoms. The van der Waals surface area contributed by atoms with Gasteiger partial charge >= 0.3 is 11.8 Å². The van der Waals surface area contributed by atoms with E-state index in [4.69, 9.17) is 10.00 Å². The number of piperidine rings is 1. The first-order valence-electron chi connectivity index (χ1n) is 9.30. The minimum atomic E-state index is -0.703. The number of aromatic nitrogens is 2. The third kappa shape index (κ3) is 5.19. The molecule has 9 nitrogen and oxygen atoms in total. The maximum Gasteiger partial charge on any atom is 0.313 e. The molecule has 3 rings (SSSR count). The SMILES string of the molecule is COc1ccc(NC(=O)C(=O)NCC2CCN(c3nccnc3C#N)CC2)cc1. The first-order chi connectivity index (χ1) is 14.1. The highest BCUT2D eigenvalue weighted by molar-refractivity contribution is 6.39. The van der Waals surface area contributed by atoms with Crippen molar-refractivity contribution in [3.63, 3.8) is 0 Å². The largest absolute Gasteiger partial charge is 0.497 e. The smallest absolute Gasteiger partial charge is 0.313 e. The Morgan fingerprint density at radius 2 is 1.86 bits per heavy atom. The fraction of sp³-hybridized carbons (Fsp3) is 0.350. The van der Waals surface area contributed by atoms with Crippen molar-refractivity contribution in [3.8, 4) is 11.8 Å². The second kappa shape index (κ2) is 9.50. The van der Waals surface area contributed by atoms with Crippen LogP contribution in [0.25, 0.3) is 0 Å². The third-order valence-corrected chi connectivity index (χ3v) is 4.80. The molecule has 1 fully saturated rings. The van der Waals surface area contributed by atoms with Gasteiger partial charge in [-0.2, -0.15) is 5.26 Å². The molecular weight excluding hydrogens is 372 g/mol. The van der Waals surface area contributed by atoms with E-state index < -0.39 is 11.8 Å². The van der Waals surface area contributed by atoms with E-state index in [1.54, 1.807) is 37.6 Å². The summed E-state index contributed by atoms with van der Waals surface area (Å²) >= 11 is 0. The minimum Gasteiger partial charge on any atom is -0.497 e. The molecule has 1 aromatic carbocycles. The number of carbonyl (C=O) groups excluding carboxylic acids is 2. The summed E-state index contributed by atoms with van der Waals surface area (Å²) in [4.78, 5) is 34.4. The third-order valence-electron chi connectivity index (χ3n) is 4.80. The van der Waals surface area contributed by atoms with Crippen molar-refractivity contribution in [1.82, 2.24) is 15.3 Å². The number of amides is 2. The van der Waals surface area contributed by atoms with E-state index in [0.717, 1.165) is 12.8 Å². The zero-order valence-electron chi connectivity index (χ0n) is 16.1. The molecule has 9 heteroatoms. The molecule has 2 amide bonds. The highest BCUT2D eigenvalue weighted by atomic mass is 16.5. The molecular formula is C20H22N6O3. The van der Waals surface area contributed by atoms with Crippen molar-refractivity contribution in [1.29, 1.82) is 5.26 Å². The molecule has 2 aromatic rings. The summed E-state index contributed by atoms with van der Waals surface area (Å²) in [6.45, 7) is 1.85. The topological polar surface area (TPSA) is 120 Å². The van der Waals surface area contributed by atoms with Crippen LogP contribution in [0.4, 0.5) is 11.5 Å². The molecule has 1 aromatic heterocycles. The standard InChI is InChI=1S/C20H22N6O3/c1-29-16-4-2-15(3-5-16)25-20(28)19(27)24-13-14-6-10-26(11-7-14)18-17(12-21)22-8-9-23-18/h2-5,8-9,14H,6-7,10-11,13H2,1H3,(H,24,27)(H,25,28). The molecule has 1 aliphatic heterocycles. The van der Waals surface area contributed by atoms with E-state index in [1.807, 2.05) is 4.90 Å². The number of ether oxygens (including phenoxy) is 1. The Morgan fingerprint density at radius 1 is 1.17 bits per heavy atom. The Labute approximate surface area is 168 Å². The molecule has 0 unspecified atom stereocenters. The average molecular weight is 394 g/mol. The molecule has 29 heavy (non-hydrogen) atoms. The number of benzene rings is 1. The fourth-order valence-electron chi connectivity index (χ4n) is 3.17. The highest BCUT2D eigenvalue weighted by Gasteiger charge is 2.23. The number of nitrogens with one attached hydrogen (secondary N) is 2. The van der Waals surface area contributed by atoms with Crippen molar-refractivity contribution in [2.75, 3.05) is 37.0 Å². The van der Waals surface area contributed by atoms with Gasteiger partial charge in [0, 0.05) is 37.7 Å². The fourth-order valence-corrected chi connectivity index (χ4v) is 3.17. The van der Waals surface area contributed by atoms with E-state index in [0.29, 0.717) is 42.6 Å². The Kier molecular flexibility index (Phi) is 6.58. The van der Waals surface area contributed by atoms with Gasteiger partial charge in [-0.25, -0.2) is 9.97 Å². The maximum atomic E-state index is 12.1. The minimum absolute atomic E-state index is 0.256. The van der Waals surface area contributed by atoms with Gasteiger partial charge in [-0.1, -0.05) is 0 Å². The van der Waals surface area contributed by atoms with Crippen molar-refractivity contribution in [2.45, 2.75) is 12.8 Å². The van der Waals surface area contributed by atoms with Crippen LogP contribution >= 0.6 is 0 Å². The van der Waals surface area contributed by atoms with Crippen LogP contribution in [0.1, 0.15) is 18.5 Å². The van der Waals surface area contributed by atoms with Gasteiger partial charge < -0.3 is 20.3 Å². The van der Waals surface area contributed by atoms with E-state index in [2.05, 4.69) is 26.7 Å². The summed E-state index contributed by atoms with van der Waals surface area (Å²) < 4.78 is 5.06. The first kappa shape index (κ1) is 20.1. The lowest BCUT2D eigenvalue weighted by atomic mass is 9.96. The highest BCUT2D eigenvalue weighted by Crippen LogP contribution is 2.23. The predicted octanol–water partition coefficient (Wildman–Crippen LogP) is 1.33. The second-order valence-corrected chi connectivity index (χ2v) is 6.66. The van der Waals surface area contributed by atoms with Crippen LogP contribution in [0.5, 0.6) is 5.75 Å². The molecule has 1 aliphatic rings. The normalized spacial score (nSPS) is 14.0. The molecule has 0 atom stereocenters. The number of hydrogen-bond donors (Lipinski definition) is 2. The van der Waals surface area contributed by atoms with Crippen LogP contribution in [-0.2, 0) is 9.59 Å². The van der Waals surface area contributed by atoms with Gasteiger partial charge in [-0.15, -0.1) is 0 Å². The van der Waals surface area contributed by atoms with Crippen molar-refractivity contribution in [2.24, 2.45) is 5.92 Å². The van der Waals surface area contributed by atoms with Gasteiger partial charge in [0.25, 0.3) is 0 Å². The maximum absolute atomic E-state index is 12.1. The zero-order valence-corrected chi connectivity index (χ0v) is 16.1. The summed E-state index contributed by atoms with van der Waals surface area (Å²) in [5.41, 5.74) is 0.839. The quantitative estimate of drug-likeness (QED) is 0.734. The summed E-state index contributed by atoms with van der Waals surface area (Å²) in [7, 11) is 1.56. The zero-order chi connectivity index (χ0) is 20.6. The van der Waals surface area contributed by atoms with Crippen LogP contribution in [0, 0.1) is 17.2 Å². The van der Waals surface area contributed by atoms with E-state index in [1.165, 1.54) is 6.20 Å². The van der Waals surface area contributed by atoms with Gasteiger partial charge in [0.2, 0.25) is 0 Å². The number of nitrogens with zero attached hydrogens (tertiary/aromatic N) is 4. The number of anilines is 2. The van der Waals surface area contributed by atoms with Gasteiger partial charge in [0.15, 0.2) is 11.5 Å². The molecule has 150 valence electrons. The summed E-state index contributed by atoms with van der Waals surface area (Å²) in [6, 6.07) is 8.80. The molecule has 0 saturated carbocycles. The lowest BCUT2D eigenvalue weighted by Crippen LogP contribution is -2.42. The van der Waals surface area contributed by atoms with Crippen molar-refractivity contribution < 1.29 is 14.3 Å². The van der Waals surface area contributed by atoms with Crippen molar-refractivity contribution >= 4 is 23.3 Å². The van der Waals surface area contributed by atoms with Gasteiger partial charge in [0.1, 0.15) is 11.8 Å². The predicted molar refractivity (Wildman–Crippen MR) is 106 cm³/mol. The summed E-state index contributed by atoms with van der Waals surface area (Å²) in [5.74, 6) is 0.152. The lowest BCUT2D eigenvalue weighted by Gasteiger charge is -2.32. The molecule has 2 heterocycles. The van der Waals surface area contributed by atoms with E-state index in [-0.39, 0.29) is 5.92 Å². The number of carbonyl (C=O) groups is 2. The molecule has 0 radical (unpaired) electrons. The van der Waals surface area contributed by atoms with E-state index in [9.17, 15) is 9.59 Å². The Bertz CT molecular complexity index is 901. The number of methoxy groups -OCH3 is 1. The van der Waals surface area contributed by atoms with Crippen LogP contribution in [0.15, 0.2) is 36.7 Å². The Morgan fingerprint density at radius 3 is 2.52 bits per heavy atom. The first-order valence-corrected chi connectivity index (χ1v) is 9.30. The van der Waals surface area contributed by atoms with Gasteiger partial charge in [-0.05, 0) is 43.0 Å². The van der Waals surface area contributed by atoms with E-state index >= 15 is 0 Å². The van der Waals surface area contributed by atoms with Gasteiger partial charge in [0.05, 0.1) is 7.11 Å². The lowest BCUT2D eigenvalue weighted by molar-refractivity contribution is -0.136. The number of hydrogen-bond acceptors (Lipinski definition) is 7. The van der Waals surface area contributed by atoms with Crippen LogP contribution in [-0.4, -0.2) is 48.5 Å². The molecule has 0 aliphatic carbocycles. The second-order valence-electron chi connectivity index (χ2n) is 6.66. The molecule has 1 saturated heterocycles. The average Bonchev–Trinajstić information content (AvgIpc) is 2.78. The monoisotopic (exact) mass is 394 g/mol. The summed E-state index contributed by atoms with van der Waals surface area (Å²) in [6.07, 6.45) is 4.72. The Balaban J connectivity index is 1.44. The summed E-state index contributed by atoms with van der Waals surface area (Å²) in [5, 5.41) is 14.4. The van der Waals surface area contributed by atoms with Gasteiger partial charge in [-0.3, -0.25) is 9.59 Å². The van der Waals surface area contributed by atoms with Crippen LogP contribution in [0.2, 0.25) is 0 Å². The molecule has 2 N–H and O–H groups in total. The Hall–Kier alpha value is -3.67. The van der Waals surface area contributed by atoms with Crippen LogP contribution < -0.4 is 20.3 Å². The number of nitriles is 1. The molecule has 0 bridgehead atoms. The van der Waals surface area contributed by atoms with Crippen molar-refractivity contribution in [3.05, 3.63) is 42.4 Å².